The monoisotopic (exact) mass is 374 g/mol. The summed E-state index contributed by atoms with van der Waals surface area (Å²) in [6, 6.07) is 9.20. The number of carbonyl (C=O) groups excluding carboxylic acids is 1. The maximum Gasteiger partial charge on any atom is 0.323 e. The average Bonchev–Trinajstić information content (AvgIpc) is 2.84. The number of nitrogens with zero attached hydrogens (tertiary/aromatic N) is 2. The van der Waals surface area contributed by atoms with Crippen molar-refractivity contribution in [2.75, 3.05) is 19.6 Å². The zero-order chi connectivity index (χ0) is 20.2. The van der Waals surface area contributed by atoms with Crippen LogP contribution in [0.25, 0.3) is 0 Å². The van der Waals surface area contributed by atoms with E-state index in [0.29, 0.717) is 6.04 Å². The summed E-state index contributed by atoms with van der Waals surface area (Å²) in [5, 5.41) is 9.10. The van der Waals surface area contributed by atoms with Crippen LogP contribution in [-0.2, 0) is 15.0 Å². The molecule has 2 unspecified atom stereocenters. The van der Waals surface area contributed by atoms with E-state index in [9.17, 15) is 9.59 Å². The van der Waals surface area contributed by atoms with Gasteiger partial charge in [0.25, 0.3) is 0 Å². The summed E-state index contributed by atoms with van der Waals surface area (Å²) < 4.78 is 0. The summed E-state index contributed by atoms with van der Waals surface area (Å²) >= 11 is 0. The minimum atomic E-state index is -0.946. The molecule has 1 aromatic carbocycles. The Balaban J connectivity index is 2.04. The Labute approximate surface area is 163 Å². The number of hydrogen-bond donors (Lipinski definition) is 1. The molecule has 1 saturated heterocycles. The molecule has 0 radical (unpaired) electrons. The van der Waals surface area contributed by atoms with Crippen LogP contribution in [0.5, 0.6) is 0 Å². The summed E-state index contributed by atoms with van der Waals surface area (Å²) in [7, 11) is 0. The van der Waals surface area contributed by atoms with Crippen molar-refractivity contribution in [3.05, 3.63) is 35.4 Å². The number of carboxylic acids is 1. The third-order valence-electron chi connectivity index (χ3n) is 5.69. The van der Waals surface area contributed by atoms with Crippen molar-refractivity contribution >= 4 is 11.9 Å². The fraction of sp³-hybridized carbons (Fsp3) is 0.636. The standard InChI is InChI=1S/C22H34N2O3/c1-16(18-8-10-19(11-9-18)22(3,4)5)23-13-6-7-20(12-14-23)24(17(2)25)15-21(26)27/h8-11,16,20H,6-7,12-15H2,1-5H3,(H,26,27). The van der Waals surface area contributed by atoms with Gasteiger partial charge in [0.2, 0.25) is 5.91 Å². The minimum Gasteiger partial charge on any atom is -0.480 e. The molecule has 0 spiro atoms. The summed E-state index contributed by atoms with van der Waals surface area (Å²) in [4.78, 5) is 27.0. The van der Waals surface area contributed by atoms with Crippen molar-refractivity contribution in [2.24, 2.45) is 0 Å². The van der Waals surface area contributed by atoms with Gasteiger partial charge in [-0.25, -0.2) is 0 Å². The van der Waals surface area contributed by atoms with Gasteiger partial charge in [-0.15, -0.1) is 0 Å². The van der Waals surface area contributed by atoms with Gasteiger partial charge in [-0.05, 0) is 49.3 Å². The van der Waals surface area contributed by atoms with Crippen molar-refractivity contribution in [3.63, 3.8) is 0 Å². The lowest BCUT2D eigenvalue weighted by atomic mass is 9.86. The van der Waals surface area contributed by atoms with Gasteiger partial charge in [0.15, 0.2) is 0 Å². The number of carboxylic acid groups (broad SMARTS) is 1. The second-order valence-corrected chi connectivity index (χ2v) is 8.71. The lowest BCUT2D eigenvalue weighted by Crippen LogP contribution is -2.42. The molecule has 150 valence electrons. The van der Waals surface area contributed by atoms with Crippen molar-refractivity contribution < 1.29 is 14.7 Å². The quantitative estimate of drug-likeness (QED) is 0.851. The van der Waals surface area contributed by atoms with Crippen molar-refractivity contribution in [3.8, 4) is 0 Å². The molecule has 1 aromatic rings. The molecule has 0 bridgehead atoms. The van der Waals surface area contributed by atoms with Crippen LogP contribution >= 0.6 is 0 Å². The van der Waals surface area contributed by atoms with Crippen molar-refractivity contribution in [2.45, 2.75) is 71.4 Å². The molecule has 5 heteroatoms. The third-order valence-corrected chi connectivity index (χ3v) is 5.69. The van der Waals surface area contributed by atoms with Crippen LogP contribution in [-0.4, -0.2) is 52.5 Å². The molecule has 0 aromatic heterocycles. The van der Waals surface area contributed by atoms with Gasteiger partial charge in [0.05, 0.1) is 0 Å². The van der Waals surface area contributed by atoms with E-state index in [-0.39, 0.29) is 23.9 Å². The van der Waals surface area contributed by atoms with Crippen LogP contribution in [0.4, 0.5) is 0 Å². The van der Waals surface area contributed by atoms with E-state index in [2.05, 4.69) is 56.9 Å². The highest BCUT2D eigenvalue weighted by Gasteiger charge is 2.28. The van der Waals surface area contributed by atoms with E-state index in [1.54, 1.807) is 0 Å². The Morgan fingerprint density at radius 1 is 1.19 bits per heavy atom. The Bertz CT molecular complexity index is 649. The topological polar surface area (TPSA) is 60.9 Å². The highest BCUT2D eigenvalue weighted by molar-refractivity contribution is 5.79. The predicted octanol–water partition coefficient (Wildman–Crippen LogP) is 3.83. The second kappa shape index (κ2) is 8.87. The van der Waals surface area contributed by atoms with Gasteiger partial charge in [0.1, 0.15) is 6.54 Å². The largest absolute Gasteiger partial charge is 0.480 e. The lowest BCUT2D eigenvalue weighted by molar-refractivity contribution is -0.145. The Hall–Kier alpha value is -1.88. The molecule has 2 atom stereocenters. The minimum absolute atomic E-state index is 0.0130. The van der Waals surface area contributed by atoms with Crippen molar-refractivity contribution in [1.82, 2.24) is 9.80 Å². The van der Waals surface area contributed by atoms with Gasteiger partial charge in [-0.3, -0.25) is 14.5 Å². The first-order valence-electron chi connectivity index (χ1n) is 9.93. The molecule has 1 aliphatic rings. The number of likely N-dealkylation sites (tertiary alicyclic amines) is 1. The van der Waals surface area contributed by atoms with Crippen molar-refractivity contribution in [1.29, 1.82) is 0 Å². The number of hydrogen-bond acceptors (Lipinski definition) is 3. The molecule has 5 nitrogen and oxygen atoms in total. The molecule has 0 saturated carbocycles. The van der Waals surface area contributed by atoms with E-state index >= 15 is 0 Å². The second-order valence-electron chi connectivity index (χ2n) is 8.71. The Kier molecular flexibility index (Phi) is 7.04. The van der Waals surface area contributed by atoms with E-state index in [4.69, 9.17) is 5.11 Å². The Morgan fingerprint density at radius 2 is 1.81 bits per heavy atom. The maximum atomic E-state index is 11.9. The fourth-order valence-corrected chi connectivity index (χ4v) is 3.92. The first-order chi connectivity index (χ1) is 12.6. The molecule has 1 heterocycles. The molecular formula is C22H34N2O3. The number of benzene rings is 1. The Morgan fingerprint density at radius 3 is 2.33 bits per heavy atom. The molecule has 27 heavy (non-hydrogen) atoms. The number of rotatable bonds is 5. The first kappa shape index (κ1) is 21.4. The number of carbonyl (C=O) groups is 2. The smallest absolute Gasteiger partial charge is 0.323 e. The van der Waals surface area contributed by atoms with Crippen LogP contribution in [0.2, 0.25) is 0 Å². The normalized spacial score (nSPS) is 20.0. The van der Waals surface area contributed by atoms with Gasteiger partial charge in [-0.1, -0.05) is 45.0 Å². The van der Waals surface area contributed by atoms with Crippen LogP contribution in [0.1, 0.15) is 71.0 Å². The molecule has 0 aliphatic carbocycles. The third kappa shape index (κ3) is 5.80. The van der Waals surface area contributed by atoms with Crippen LogP contribution in [0.15, 0.2) is 24.3 Å². The first-order valence-corrected chi connectivity index (χ1v) is 9.93. The zero-order valence-electron chi connectivity index (χ0n) is 17.4. The van der Waals surface area contributed by atoms with Crippen LogP contribution in [0.3, 0.4) is 0 Å². The fourth-order valence-electron chi connectivity index (χ4n) is 3.92. The predicted molar refractivity (Wildman–Crippen MR) is 108 cm³/mol. The summed E-state index contributed by atoms with van der Waals surface area (Å²) in [6.45, 7) is 12.0. The van der Waals surface area contributed by atoms with Crippen LogP contribution in [0, 0.1) is 0 Å². The summed E-state index contributed by atoms with van der Waals surface area (Å²) in [6.07, 6.45) is 2.65. The van der Waals surface area contributed by atoms with Gasteiger partial charge in [0, 0.05) is 25.6 Å². The molecular weight excluding hydrogens is 340 g/mol. The molecule has 1 N–H and O–H groups in total. The maximum absolute atomic E-state index is 11.9. The van der Waals surface area contributed by atoms with Crippen LogP contribution < -0.4 is 0 Å². The molecule has 1 aliphatic heterocycles. The van der Waals surface area contributed by atoms with Gasteiger partial charge >= 0.3 is 5.97 Å². The lowest BCUT2D eigenvalue weighted by Gasteiger charge is -2.30. The SMILES string of the molecule is CC(=O)N(CC(=O)O)C1CCCN(C(C)c2ccc(C(C)(C)C)cc2)CC1. The zero-order valence-corrected chi connectivity index (χ0v) is 17.4. The molecule has 1 amide bonds. The highest BCUT2D eigenvalue weighted by Crippen LogP contribution is 2.28. The summed E-state index contributed by atoms with van der Waals surface area (Å²) in [5.41, 5.74) is 2.79. The van der Waals surface area contributed by atoms with E-state index in [0.717, 1.165) is 32.4 Å². The summed E-state index contributed by atoms with van der Waals surface area (Å²) in [5.74, 6) is -1.10. The average molecular weight is 375 g/mol. The number of amides is 1. The van der Waals surface area contributed by atoms with E-state index in [1.807, 2.05) is 0 Å². The van der Waals surface area contributed by atoms with E-state index in [1.165, 1.54) is 23.0 Å². The van der Waals surface area contributed by atoms with E-state index < -0.39 is 5.97 Å². The van der Waals surface area contributed by atoms with Gasteiger partial charge < -0.3 is 10.0 Å². The molecule has 2 rings (SSSR count). The highest BCUT2D eigenvalue weighted by atomic mass is 16.4. The number of aliphatic carboxylic acids is 1. The molecule has 1 fully saturated rings. The van der Waals surface area contributed by atoms with Gasteiger partial charge in [-0.2, -0.15) is 0 Å².